The molecule has 1 aliphatic rings. The average molecular weight is 1710 g/mol. The standard InChI is InChI=1S/C19H27NO4.C14H23NO2.C14H19NO2.C13H18BrNO3.C7H15NO3.C6H5BrO.C6H10O.C4H8O.C2H6O.ClH/c1-19(2,3)24-18(22)20-12-14-23-17-11-8-10-16(15-17)9-6-4-5-7-13-21;2*15-9-11-17-14-8-5-7-13(12-14)6-3-1-2-4-10-16;1-13(2,3)18-12(16)15-7-8-17-11-6-4-5-10(14)9-11;1-7(2,3)11-6(10)8-4-5-9;7-5-2-1-3-6(8)4-5;1-2-3-4-5-6-7;1-2-4-5-3-1;1-2-3;/h8,10-11,15,21H,4-5,7,12-14H2,1-3H3,(H,20,22);5,7-8,12,16H,1-4,6,9-11,15H2;5,7-8,12,16H,1-2,4,9-11,15H2;4-6,9H,7-8H2,1-3H3,(H,15,16);9H,4-5H2,1-3H3,(H,8,10);1-4,8H;1,7H,3-6H2;1-4H2;3H,2H2,1H3;1H. The summed E-state index contributed by atoms with van der Waals surface area (Å²) in [7, 11) is 0. The van der Waals surface area contributed by atoms with Crippen LogP contribution in [0.3, 0.4) is 0 Å². The van der Waals surface area contributed by atoms with Gasteiger partial charge < -0.3 is 101 Å². The normalized spacial score (nSPS) is 10.6. The van der Waals surface area contributed by atoms with E-state index in [2.05, 4.69) is 89.5 Å². The van der Waals surface area contributed by atoms with Crippen LogP contribution in [0.4, 0.5) is 14.4 Å². The molecule has 1 fully saturated rings. The number of hydrogen-bond acceptors (Lipinski definition) is 20. The van der Waals surface area contributed by atoms with E-state index in [1.807, 2.05) is 133 Å². The first kappa shape index (κ1) is 110. The zero-order valence-corrected chi connectivity index (χ0v) is 71.4. The van der Waals surface area contributed by atoms with Crippen LogP contribution >= 0.6 is 44.3 Å². The van der Waals surface area contributed by atoms with Gasteiger partial charge in [0, 0.05) is 105 Å². The number of phenols is 1. The highest BCUT2D eigenvalue weighted by Gasteiger charge is 2.17. The van der Waals surface area contributed by atoms with Crippen molar-refractivity contribution in [2.45, 2.75) is 189 Å². The highest BCUT2D eigenvalue weighted by atomic mass is 79.9. The number of aryl methyl sites for hydroxylation is 1. The summed E-state index contributed by atoms with van der Waals surface area (Å²) in [6.45, 7) is 25.1. The molecule has 0 aliphatic carbocycles. The molecule has 23 nitrogen and oxygen atoms in total. The van der Waals surface area contributed by atoms with E-state index in [0.717, 1.165) is 128 Å². The Morgan fingerprint density at radius 3 is 1.19 bits per heavy atom. The molecule has 0 bridgehead atoms. The van der Waals surface area contributed by atoms with Gasteiger partial charge in [-0.3, -0.25) is 0 Å². The molecule has 0 spiro atoms. The number of terminal acetylenes is 1. The van der Waals surface area contributed by atoms with E-state index in [1.165, 1.54) is 31.2 Å². The number of ether oxygens (including phenoxy) is 8. The number of nitrogens with two attached hydrogens (primary N) is 2. The van der Waals surface area contributed by atoms with Crippen molar-refractivity contribution in [2.24, 2.45) is 11.5 Å². The Labute approximate surface area is 686 Å². The molecule has 1 aliphatic heterocycles. The van der Waals surface area contributed by atoms with E-state index < -0.39 is 35.1 Å². The Kier molecular flexibility index (Phi) is 74.4. The van der Waals surface area contributed by atoms with Gasteiger partial charge in [0.1, 0.15) is 72.0 Å². The van der Waals surface area contributed by atoms with Crippen molar-refractivity contribution in [1.82, 2.24) is 16.0 Å². The summed E-state index contributed by atoms with van der Waals surface area (Å²) in [6, 6.07) is 37.8. The van der Waals surface area contributed by atoms with Crippen LogP contribution in [0, 0.1) is 36.0 Å². The quantitative estimate of drug-likeness (QED) is 0.0111. The van der Waals surface area contributed by atoms with Gasteiger partial charge in [-0.2, -0.15) is 0 Å². The lowest BCUT2D eigenvalue weighted by molar-refractivity contribution is 0.0507. The van der Waals surface area contributed by atoms with Gasteiger partial charge in [0.2, 0.25) is 0 Å². The van der Waals surface area contributed by atoms with Crippen LogP contribution < -0.4 is 46.4 Å². The molecule has 3 amide bonds. The number of hydrogen-bond donors (Lipinski definition) is 12. The summed E-state index contributed by atoms with van der Waals surface area (Å²) in [5.41, 5.74) is 12.5. The van der Waals surface area contributed by atoms with Crippen molar-refractivity contribution in [3.63, 3.8) is 0 Å². The van der Waals surface area contributed by atoms with E-state index >= 15 is 0 Å². The van der Waals surface area contributed by atoms with Crippen LogP contribution in [0.1, 0.15) is 182 Å². The van der Waals surface area contributed by atoms with Crippen molar-refractivity contribution >= 4 is 62.5 Å². The van der Waals surface area contributed by atoms with Crippen LogP contribution in [0.2, 0.25) is 0 Å². The summed E-state index contributed by atoms with van der Waals surface area (Å²) in [6.07, 6.45) is 19.2. The molecule has 0 saturated carbocycles. The largest absolute Gasteiger partial charge is 0.508 e. The van der Waals surface area contributed by atoms with Gasteiger partial charge in [-0.25, -0.2) is 14.4 Å². The number of benzene rings is 5. The Morgan fingerprint density at radius 2 is 0.829 bits per heavy atom. The number of rotatable bonds is 31. The van der Waals surface area contributed by atoms with Crippen LogP contribution in [0.25, 0.3) is 0 Å². The number of unbranched alkanes of at least 4 members (excludes halogenated alkanes) is 9. The molecule has 14 N–H and O–H groups in total. The van der Waals surface area contributed by atoms with Gasteiger partial charge in [0.25, 0.3) is 0 Å². The minimum absolute atomic E-state index is 0. The second kappa shape index (κ2) is 75.2. The predicted octanol–water partition coefficient (Wildman–Crippen LogP) is 14.8. The summed E-state index contributed by atoms with van der Waals surface area (Å²) in [4.78, 5) is 33.6. The van der Waals surface area contributed by atoms with Crippen molar-refractivity contribution in [1.29, 1.82) is 0 Å². The predicted molar refractivity (Wildman–Crippen MR) is 454 cm³/mol. The molecule has 26 heteroatoms. The van der Waals surface area contributed by atoms with Crippen molar-refractivity contribution in [2.75, 3.05) is 112 Å². The Balaban J connectivity index is -0.000000606. The highest BCUT2D eigenvalue weighted by molar-refractivity contribution is 9.10. The Morgan fingerprint density at radius 1 is 0.468 bits per heavy atom. The van der Waals surface area contributed by atoms with E-state index in [-0.39, 0.29) is 52.0 Å². The third kappa shape index (κ3) is 80.3. The van der Waals surface area contributed by atoms with E-state index in [9.17, 15) is 14.4 Å². The fourth-order valence-corrected chi connectivity index (χ4v) is 8.64. The fraction of sp³-hybridized carbons (Fsp3) is 0.541. The average Bonchev–Trinajstić information content (AvgIpc) is 1.23. The maximum atomic E-state index is 11.5. The van der Waals surface area contributed by atoms with E-state index in [1.54, 1.807) is 45.9 Å². The number of aliphatic hydroxyl groups excluding tert-OH is 6. The third-order valence-corrected chi connectivity index (χ3v) is 13.6. The van der Waals surface area contributed by atoms with Gasteiger partial charge in [-0.1, -0.05) is 105 Å². The number of alkyl carbamates (subject to hydrolysis) is 3. The first-order chi connectivity index (χ1) is 52.6. The number of carbonyl (C=O) groups is 3. The SMILES string of the molecule is C#CCCCCO.C1CCOC1.CC(C)(C)OC(=O)NCCO.CC(C)(C)OC(=O)NCCOc1cccc(Br)c1.CC(C)(C)OC(=O)NCCOc1cccc(C#CCCCCO)c1.CCO.Cl.NCCOc1cccc(C#CCCCCO)c1.NCCOc1cccc(CCCCCCO)c1.Oc1cccc(Br)c1. The van der Waals surface area contributed by atoms with Gasteiger partial charge in [0.05, 0.1) is 19.7 Å². The zero-order chi connectivity index (χ0) is 82.8. The van der Waals surface area contributed by atoms with Gasteiger partial charge >= 0.3 is 18.3 Å². The Bertz CT molecular complexity index is 3220. The molecule has 111 heavy (non-hydrogen) atoms. The molecular formula is C85H132Br2ClN5O18. The molecule has 0 unspecified atom stereocenters. The number of carbonyl (C=O) groups excluding carboxylic acids is 3. The van der Waals surface area contributed by atoms with Crippen LogP contribution in [0.15, 0.2) is 130 Å². The maximum Gasteiger partial charge on any atom is 0.407 e. The molecule has 626 valence electrons. The number of nitrogens with one attached hydrogen (secondary N) is 3. The lowest BCUT2D eigenvalue weighted by atomic mass is 10.1. The van der Waals surface area contributed by atoms with Crippen molar-refractivity contribution in [3.05, 3.63) is 147 Å². The summed E-state index contributed by atoms with van der Waals surface area (Å²) < 4.78 is 43.9. The minimum Gasteiger partial charge on any atom is -0.508 e. The third-order valence-electron chi connectivity index (χ3n) is 12.6. The highest BCUT2D eigenvalue weighted by Crippen LogP contribution is 2.20. The molecule has 1 saturated heterocycles. The molecule has 5 aromatic rings. The topological polar surface area (TPSA) is 355 Å². The molecular weight excluding hydrogens is 1570 g/mol. The monoisotopic (exact) mass is 1700 g/mol. The number of aromatic hydroxyl groups is 1. The van der Waals surface area contributed by atoms with Crippen LogP contribution in [0.5, 0.6) is 28.7 Å². The lowest BCUT2D eigenvalue weighted by Crippen LogP contribution is -2.34. The Hall–Kier alpha value is -7.52. The molecule has 6 rings (SSSR count). The first-order valence-corrected chi connectivity index (χ1v) is 39.1. The van der Waals surface area contributed by atoms with Gasteiger partial charge in [-0.05, 0) is 230 Å². The number of halogens is 3. The molecule has 5 aromatic carbocycles. The van der Waals surface area contributed by atoms with Crippen molar-refractivity contribution in [3.8, 4) is 64.8 Å². The zero-order valence-electron chi connectivity index (χ0n) is 67.4. The summed E-state index contributed by atoms with van der Waals surface area (Å²) >= 11 is 6.56. The number of phenolic OH excluding ortho intramolecular Hbond substituents is 1. The second-order valence-corrected chi connectivity index (χ2v) is 28.3. The van der Waals surface area contributed by atoms with E-state index in [0.29, 0.717) is 70.7 Å². The van der Waals surface area contributed by atoms with Crippen LogP contribution in [-0.4, -0.2) is 183 Å². The number of amides is 3. The maximum absolute atomic E-state index is 11.5. The fourth-order valence-electron chi connectivity index (χ4n) is 7.87. The second-order valence-electron chi connectivity index (χ2n) is 26.5. The minimum atomic E-state index is -0.505. The smallest absolute Gasteiger partial charge is 0.407 e. The lowest BCUT2D eigenvalue weighted by Gasteiger charge is -2.19. The summed E-state index contributed by atoms with van der Waals surface area (Å²) in [5, 5.41) is 66.6. The van der Waals surface area contributed by atoms with Crippen LogP contribution in [-0.2, 0) is 25.4 Å². The van der Waals surface area contributed by atoms with Gasteiger partial charge in [-0.15, -0.1) is 24.8 Å². The molecule has 1 heterocycles. The number of aliphatic hydroxyl groups is 6. The summed E-state index contributed by atoms with van der Waals surface area (Å²) in [5.74, 6) is 18.3. The van der Waals surface area contributed by atoms with Gasteiger partial charge in [0.15, 0.2) is 0 Å². The molecule has 0 radical (unpaired) electrons. The molecule has 0 atom stereocenters. The van der Waals surface area contributed by atoms with E-state index in [4.69, 9.17) is 91.5 Å². The first-order valence-electron chi connectivity index (χ1n) is 37.5. The molecule has 0 aromatic heterocycles. The van der Waals surface area contributed by atoms with Crippen molar-refractivity contribution < 1.29 is 88.0 Å².